The van der Waals surface area contributed by atoms with Gasteiger partial charge in [-0.15, -0.1) is 0 Å². The summed E-state index contributed by atoms with van der Waals surface area (Å²) >= 11 is 0. The van der Waals surface area contributed by atoms with E-state index < -0.39 is 0 Å². The van der Waals surface area contributed by atoms with E-state index in [4.69, 9.17) is 9.90 Å². The molecule has 0 saturated carbocycles. The molecule has 1 aromatic rings. The molecule has 78 valence electrons. The van der Waals surface area contributed by atoms with E-state index in [-0.39, 0.29) is 12.3 Å². The molecule has 1 rings (SSSR count). The molecule has 14 heavy (non-hydrogen) atoms. The Morgan fingerprint density at radius 3 is 2.29 bits per heavy atom. The van der Waals surface area contributed by atoms with Gasteiger partial charge in [-0.05, 0) is 30.5 Å². The average molecular weight is 198 g/mol. The molecule has 0 aliphatic rings. The summed E-state index contributed by atoms with van der Waals surface area (Å²) in [5.74, 6) is -0.148. The zero-order chi connectivity index (χ0) is 10.8. The number of aryl methyl sites for hydroxylation is 1. The first kappa shape index (κ1) is 12.6. The molecule has 0 amide bonds. The molecule has 0 heterocycles. The average Bonchev–Trinajstić information content (AvgIpc) is 2.18. The predicted octanol–water partition coefficient (Wildman–Crippen LogP) is 2.87. The summed E-state index contributed by atoms with van der Waals surface area (Å²) in [6.07, 6.45) is 3.44. The molecule has 3 heteroatoms. The summed E-state index contributed by atoms with van der Waals surface area (Å²) < 4.78 is 12.4. The first-order valence-electron chi connectivity index (χ1n) is 4.56. The van der Waals surface area contributed by atoms with Crippen LogP contribution >= 0.6 is 0 Å². The Balaban J connectivity index is 0.000000500. The maximum absolute atomic E-state index is 12.4. The third kappa shape index (κ3) is 6.17. The standard InChI is InChI=1S/C10H13F.CH2O2/c1-2-3-4-9-5-7-10(11)8-6-9;2-1-3/h5-8H,2-4H2,1H3;1H,(H,2,3). The fourth-order valence-corrected chi connectivity index (χ4v) is 1.03. The van der Waals surface area contributed by atoms with Gasteiger partial charge < -0.3 is 5.11 Å². The normalized spacial score (nSPS) is 8.71. The Hall–Kier alpha value is -1.38. The van der Waals surface area contributed by atoms with Crippen molar-refractivity contribution in [3.05, 3.63) is 35.6 Å². The van der Waals surface area contributed by atoms with Gasteiger partial charge in [-0.2, -0.15) is 0 Å². The number of carbonyl (C=O) groups is 1. The lowest BCUT2D eigenvalue weighted by molar-refractivity contribution is -0.122. The number of carboxylic acid groups (broad SMARTS) is 1. The minimum absolute atomic E-state index is 0.148. The molecule has 0 spiro atoms. The number of hydrogen-bond donors (Lipinski definition) is 1. The first-order valence-corrected chi connectivity index (χ1v) is 4.56. The Kier molecular flexibility index (Phi) is 7.42. The van der Waals surface area contributed by atoms with Gasteiger partial charge in [0.25, 0.3) is 6.47 Å². The predicted molar refractivity (Wildman–Crippen MR) is 53.7 cm³/mol. The maximum atomic E-state index is 12.4. The van der Waals surface area contributed by atoms with Crippen molar-refractivity contribution in [3.63, 3.8) is 0 Å². The number of rotatable bonds is 3. The van der Waals surface area contributed by atoms with E-state index in [0.717, 1.165) is 6.42 Å². The van der Waals surface area contributed by atoms with E-state index in [1.165, 1.54) is 30.5 Å². The quantitative estimate of drug-likeness (QED) is 0.758. The van der Waals surface area contributed by atoms with Gasteiger partial charge in [0.1, 0.15) is 5.82 Å². The minimum atomic E-state index is -0.250. The number of halogens is 1. The molecule has 1 N–H and O–H groups in total. The molecule has 0 radical (unpaired) electrons. The summed E-state index contributed by atoms with van der Waals surface area (Å²) in [5.41, 5.74) is 1.23. The van der Waals surface area contributed by atoms with Gasteiger partial charge in [0.2, 0.25) is 0 Å². The summed E-state index contributed by atoms with van der Waals surface area (Å²) in [7, 11) is 0. The third-order valence-electron chi connectivity index (χ3n) is 1.73. The van der Waals surface area contributed by atoms with Crippen LogP contribution in [0.15, 0.2) is 24.3 Å². The molecular weight excluding hydrogens is 183 g/mol. The van der Waals surface area contributed by atoms with Crippen molar-refractivity contribution in [2.24, 2.45) is 0 Å². The van der Waals surface area contributed by atoms with Crippen molar-refractivity contribution < 1.29 is 14.3 Å². The first-order chi connectivity index (χ1) is 6.74. The molecule has 0 aromatic heterocycles. The van der Waals surface area contributed by atoms with Crippen molar-refractivity contribution in [2.45, 2.75) is 26.2 Å². The summed E-state index contributed by atoms with van der Waals surface area (Å²) in [6, 6.07) is 6.74. The highest BCUT2D eigenvalue weighted by molar-refractivity contribution is 5.32. The lowest BCUT2D eigenvalue weighted by atomic mass is 10.1. The van der Waals surface area contributed by atoms with Gasteiger partial charge in [0.05, 0.1) is 0 Å². The molecule has 0 bridgehead atoms. The summed E-state index contributed by atoms with van der Waals surface area (Å²) in [4.78, 5) is 8.36. The van der Waals surface area contributed by atoms with Gasteiger partial charge in [-0.1, -0.05) is 25.5 Å². The fourth-order valence-electron chi connectivity index (χ4n) is 1.03. The molecule has 0 aliphatic carbocycles. The van der Waals surface area contributed by atoms with Crippen molar-refractivity contribution in [3.8, 4) is 0 Å². The van der Waals surface area contributed by atoms with Crippen molar-refractivity contribution >= 4 is 6.47 Å². The van der Waals surface area contributed by atoms with E-state index in [1.807, 2.05) is 12.1 Å². The third-order valence-corrected chi connectivity index (χ3v) is 1.73. The van der Waals surface area contributed by atoms with E-state index in [0.29, 0.717) is 0 Å². The Labute approximate surface area is 83.4 Å². The second-order valence-electron chi connectivity index (χ2n) is 2.84. The van der Waals surface area contributed by atoms with Crippen LogP contribution in [0.4, 0.5) is 4.39 Å². The summed E-state index contributed by atoms with van der Waals surface area (Å²) in [6.45, 7) is 1.91. The largest absolute Gasteiger partial charge is 0.483 e. The lowest BCUT2D eigenvalue weighted by Crippen LogP contribution is -1.83. The smallest absolute Gasteiger partial charge is 0.290 e. The topological polar surface area (TPSA) is 37.3 Å². The van der Waals surface area contributed by atoms with E-state index in [9.17, 15) is 4.39 Å². The second kappa shape index (κ2) is 8.23. The lowest BCUT2D eigenvalue weighted by Gasteiger charge is -1.97. The van der Waals surface area contributed by atoms with Gasteiger partial charge in [-0.3, -0.25) is 4.79 Å². The molecule has 0 aliphatic heterocycles. The SMILES string of the molecule is CCCCc1ccc(F)cc1.O=CO. The van der Waals surface area contributed by atoms with Crippen LogP contribution in [0.1, 0.15) is 25.3 Å². The molecule has 0 saturated heterocycles. The highest BCUT2D eigenvalue weighted by Crippen LogP contribution is 2.06. The van der Waals surface area contributed by atoms with Crippen molar-refractivity contribution in [2.75, 3.05) is 0 Å². The molecule has 0 atom stereocenters. The van der Waals surface area contributed by atoms with Crippen LogP contribution in [-0.4, -0.2) is 11.6 Å². The molecule has 2 nitrogen and oxygen atoms in total. The monoisotopic (exact) mass is 198 g/mol. The van der Waals surface area contributed by atoms with E-state index >= 15 is 0 Å². The van der Waals surface area contributed by atoms with Gasteiger partial charge in [0, 0.05) is 0 Å². The van der Waals surface area contributed by atoms with Gasteiger partial charge >= 0.3 is 0 Å². The van der Waals surface area contributed by atoms with Crippen molar-refractivity contribution in [1.29, 1.82) is 0 Å². The molecule has 0 fully saturated rings. The highest BCUT2D eigenvalue weighted by Gasteiger charge is 1.91. The summed E-state index contributed by atoms with van der Waals surface area (Å²) in [5, 5.41) is 6.89. The zero-order valence-electron chi connectivity index (χ0n) is 8.24. The molecule has 0 unspecified atom stereocenters. The van der Waals surface area contributed by atoms with E-state index in [1.54, 1.807) is 0 Å². The number of benzene rings is 1. The van der Waals surface area contributed by atoms with Crippen LogP contribution in [0.2, 0.25) is 0 Å². The second-order valence-corrected chi connectivity index (χ2v) is 2.84. The van der Waals surface area contributed by atoms with Crippen LogP contribution in [-0.2, 0) is 11.2 Å². The van der Waals surface area contributed by atoms with Gasteiger partial charge in [0.15, 0.2) is 0 Å². The van der Waals surface area contributed by atoms with Crippen LogP contribution < -0.4 is 0 Å². The van der Waals surface area contributed by atoms with Crippen LogP contribution in [0.3, 0.4) is 0 Å². The number of unbranched alkanes of at least 4 members (excludes halogenated alkanes) is 1. The van der Waals surface area contributed by atoms with Crippen LogP contribution in [0, 0.1) is 5.82 Å². The zero-order valence-corrected chi connectivity index (χ0v) is 8.24. The van der Waals surface area contributed by atoms with Crippen molar-refractivity contribution in [1.82, 2.24) is 0 Å². The Morgan fingerprint density at radius 1 is 1.36 bits per heavy atom. The van der Waals surface area contributed by atoms with Crippen LogP contribution in [0.5, 0.6) is 0 Å². The Morgan fingerprint density at radius 2 is 1.86 bits per heavy atom. The maximum Gasteiger partial charge on any atom is 0.290 e. The van der Waals surface area contributed by atoms with Crippen LogP contribution in [0.25, 0.3) is 0 Å². The fraction of sp³-hybridized carbons (Fsp3) is 0.364. The van der Waals surface area contributed by atoms with Gasteiger partial charge in [-0.25, -0.2) is 4.39 Å². The molecular formula is C11H15FO2. The highest BCUT2D eigenvalue weighted by atomic mass is 19.1. The number of hydrogen-bond acceptors (Lipinski definition) is 1. The molecule has 1 aromatic carbocycles. The Bertz CT molecular complexity index is 244. The minimum Gasteiger partial charge on any atom is -0.483 e. The van der Waals surface area contributed by atoms with E-state index in [2.05, 4.69) is 6.92 Å².